The lowest BCUT2D eigenvalue weighted by molar-refractivity contribution is 0.0934. The second kappa shape index (κ2) is 10.0. The zero-order valence-corrected chi connectivity index (χ0v) is 17.7. The van der Waals surface area contributed by atoms with E-state index in [2.05, 4.69) is 44.2 Å². The van der Waals surface area contributed by atoms with E-state index in [1.807, 2.05) is 13.0 Å². The largest absolute Gasteiger partial charge is 0.369 e. The normalized spacial score (nSPS) is 14.8. The average molecular weight is 379 g/mol. The van der Waals surface area contributed by atoms with Gasteiger partial charge in [-0.1, -0.05) is 81.8 Å². The second-order valence-corrected chi connectivity index (χ2v) is 7.92. The Bertz CT molecular complexity index is 806. The maximum atomic E-state index is 12.9. The van der Waals surface area contributed by atoms with E-state index in [-0.39, 0.29) is 11.9 Å². The summed E-state index contributed by atoms with van der Waals surface area (Å²) >= 11 is 0. The maximum absolute atomic E-state index is 12.9. The van der Waals surface area contributed by atoms with Crippen LogP contribution in [0, 0.1) is 6.92 Å². The van der Waals surface area contributed by atoms with Gasteiger partial charge in [-0.15, -0.1) is 0 Å². The van der Waals surface area contributed by atoms with Gasteiger partial charge in [0.2, 0.25) is 0 Å². The molecule has 0 heterocycles. The molecular weight excluding hydrogens is 344 g/mol. The van der Waals surface area contributed by atoms with E-state index in [9.17, 15) is 4.79 Å². The zero-order chi connectivity index (χ0) is 19.9. The summed E-state index contributed by atoms with van der Waals surface area (Å²) in [4.78, 5) is 12.9. The highest BCUT2D eigenvalue weighted by molar-refractivity contribution is 5.99. The Labute approximate surface area is 170 Å². The van der Waals surface area contributed by atoms with Crippen molar-refractivity contribution >= 4 is 5.78 Å². The highest BCUT2D eigenvalue weighted by Gasteiger charge is 2.31. The molecule has 0 N–H and O–H groups in total. The maximum Gasteiger partial charge on any atom is 0.163 e. The van der Waals surface area contributed by atoms with Crippen LogP contribution in [0.2, 0.25) is 0 Å². The molecule has 0 bridgehead atoms. The van der Waals surface area contributed by atoms with Gasteiger partial charge >= 0.3 is 0 Å². The molecule has 0 aliphatic heterocycles. The lowest BCUT2D eigenvalue weighted by Gasteiger charge is -2.17. The number of carbonyl (C=O) groups is 1. The van der Waals surface area contributed by atoms with E-state index < -0.39 is 0 Å². The van der Waals surface area contributed by atoms with E-state index in [0.29, 0.717) is 13.0 Å². The summed E-state index contributed by atoms with van der Waals surface area (Å²) in [6, 6.07) is 12.6. The van der Waals surface area contributed by atoms with Gasteiger partial charge in [0.1, 0.15) is 6.10 Å². The van der Waals surface area contributed by atoms with Crippen molar-refractivity contribution < 1.29 is 9.53 Å². The molecule has 1 aliphatic carbocycles. The fraction of sp³-hybridized carbons (Fsp3) is 0.500. The lowest BCUT2D eigenvalue weighted by atomic mass is 9.92. The van der Waals surface area contributed by atoms with Gasteiger partial charge in [0.05, 0.1) is 0 Å². The van der Waals surface area contributed by atoms with E-state index in [1.165, 1.54) is 54.4 Å². The minimum Gasteiger partial charge on any atom is -0.369 e. The molecule has 0 saturated carbocycles. The van der Waals surface area contributed by atoms with Crippen LogP contribution in [0.25, 0.3) is 11.1 Å². The Morgan fingerprint density at radius 1 is 0.893 bits per heavy atom. The van der Waals surface area contributed by atoms with Gasteiger partial charge in [-0.2, -0.15) is 0 Å². The van der Waals surface area contributed by atoms with Crippen molar-refractivity contribution in [3.8, 4) is 11.1 Å². The van der Waals surface area contributed by atoms with Gasteiger partial charge in [-0.3, -0.25) is 4.79 Å². The van der Waals surface area contributed by atoms with Crippen LogP contribution in [0.4, 0.5) is 0 Å². The SMILES string of the molecule is CCCCCCCCCC(=O)c1ccc2c(c1C)C(OCC)c1ccccc1-2. The molecule has 1 unspecified atom stereocenters. The molecule has 0 saturated heterocycles. The molecule has 2 heteroatoms. The van der Waals surface area contributed by atoms with Crippen molar-refractivity contribution in [3.63, 3.8) is 0 Å². The summed E-state index contributed by atoms with van der Waals surface area (Å²) in [6.07, 6.45) is 9.24. The van der Waals surface area contributed by atoms with Gasteiger partial charge in [0, 0.05) is 18.6 Å². The van der Waals surface area contributed by atoms with Gasteiger partial charge < -0.3 is 4.74 Å². The number of rotatable bonds is 11. The predicted octanol–water partition coefficient (Wildman–Crippen LogP) is 7.42. The Balaban J connectivity index is 1.71. The summed E-state index contributed by atoms with van der Waals surface area (Å²) in [7, 11) is 0. The van der Waals surface area contributed by atoms with E-state index in [4.69, 9.17) is 4.74 Å². The summed E-state index contributed by atoms with van der Waals surface area (Å²) in [5.74, 6) is 0.278. The van der Waals surface area contributed by atoms with Crippen LogP contribution in [0.5, 0.6) is 0 Å². The quantitative estimate of drug-likeness (QED) is 0.300. The van der Waals surface area contributed by atoms with Crippen LogP contribution in [-0.4, -0.2) is 12.4 Å². The third-order valence-electron chi connectivity index (χ3n) is 5.95. The minimum atomic E-state index is -0.0532. The van der Waals surface area contributed by atoms with Gasteiger partial charge in [-0.05, 0) is 48.1 Å². The first-order valence-corrected chi connectivity index (χ1v) is 11.1. The minimum absolute atomic E-state index is 0.0532. The zero-order valence-electron chi connectivity index (χ0n) is 17.7. The van der Waals surface area contributed by atoms with Gasteiger partial charge in [0.15, 0.2) is 5.78 Å². The van der Waals surface area contributed by atoms with Crippen LogP contribution in [0.3, 0.4) is 0 Å². The van der Waals surface area contributed by atoms with Crippen molar-refractivity contribution in [1.29, 1.82) is 0 Å². The van der Waals surface area contributed by atoms with Crippen LogP contribution in [0.15, 0.2) is 36.4 Å². The molecule has 3 rings (SSSR count). The van der Waals surface area contributed by atoms with Gasteiger partial charge in [0.25, 0.3) is 0 Å². The highest BCUT2D eigenvalue weighted by atomic mass is 16.5. The smallest absolute Gasteiger partial charge is 0.163 e. The fourth-order valence-electron chi connectivity index (χ4n) is 4.45. The Hall–Kier alpha value is -1.93. The lowest BCUT2D eigenvalue weighted by Crippen LogP contribution is -2.08. The third kappa shape index (κ3) is 4.38. The molecule has 0 spiro atoms. The number of Topliss-reactive ketones (excluding diaryl/α,β-unsaturated/α-hetero) is 1. The van der Waals surface area contributed by atoms with Crippen molar-refractivity contribution in [3.05, 3.63) is 58.7 Å². The molecule has 2 aromatic carbocycles. The highest BCUT2D eigenvalue weighted by Crippen LogP contribution is 2.47. The fourth-order valence-corrected chi connectivity index (χ4v) is 4.45. The third-order valence-corrected chi connectivity index (χ3v) is 5.95. The molecule has 0 amide bonds. The number of benzene rings is 2. The van der Waals surface area contributed by atoms with Crippen molar-refractivity contribution in [2.75, 3.05) is 6.61 Å². The summed E-state index contributed by atoms with van der Waals surface area (Å²) < 4.78 is 6.11. The van der Waals surface area contributed by atoms with Crippen LogP contribution >= 0.6 is 0 Å². The van der Waals surface area contributed by atoms with E-state index in [0.717, 1.165) is 24.0 Å². The second-order valence-electron chi connectivity index (χ2n) is 7.92. The topological polar surface area (TPSA) is 26.3 Å². The molecular formula is C26H34O2. The molecule has 2 nitrogen and oxygen atoms in total. The predicted molar refractivity (Wildman–Crippen MR) is 117 cm³/mol. The molecule has 2 aromatic rings. The number of ketones is 1. The first kappa shape index (κ1) is 20.8. The Morgan fingerprint density at radius 2 is 1.61 bits per heavy atom. The number of hydrogen-bond donors (Lipinski definition) is 0. The van der Waals surface area contributed by atoms with Crippen LogP contribution in [-0.2, 0) is 4.74 Å². The molecule has 1 atom stereocenters. The van der Waals surface area contributed by atoms with E-state index in [1.54, 1.807) is 0 Å². The van der Waals surface area contributed by atoms with Crippen LogP contribution in [0.1, 0.15) is 98.4 Å². The van der Waals surface area contributed by atoms with E-state index >= 15 is 0 Å². The first-order valence-electron chi connectivity index (χ1n) is 11.1. The average Bonchev–Trinajstić information content (AvgIpc) is 3.02. The molecule has 0 fully saturated rings. The Kier molecular flexibility index (Phi) is 7.44. The Morgan fingerprint density at radius 3 is 2.36 bits per heavy atom. The standard InChI is InChI=1S/C26H34O2/c1-4-6-7-8-9-10-11-16-24(27)20-17-18-22-21-14-12-13-15-23(21)26(28-5-2)25(22)19(20)3/h12-15,17-18,26H,4-11,16H2,1-3H3. The monoisotopic (exact) mass is 378 g/mol. The van der Waals surface area contributed by atoms with Crippen molar-refractivity contribution in [2.24, 2.45) is 0 Å². The van der Waals surface area contributed by atoms with Crippen molar-refractivity contribution in [2.45, 2.75) is 78.2 Å². The molecule has 1 aliphatic rings. The van der Waals surface area contributed by atoms with Crippen molar-refractivity contribution in [1.82, 2.24) is 0 Å². The number of hydrogen-bond acceptors (Lipinski definition) is 2. The number of fused-ring (bicyclic) bond motifs is 3. The number of carbonyl (C=O) groups excluding carboxylic acids is 1. The number of unbranched alkanes of at least 4 members (excludes halogenated alkanes) is 6. The molecule has 28 heavy (non-hydrogen) atoms. The summed E-state index contributed by atoms with van der Waals surface area (Å²) in [6.45, 7) is 7.03. The summed E-state index contributed by atoms with van der Waals surface area (Å²) in [5.41, 5.74) is 6.85. The molecule has 0 aromatic heterocycles. The first-order chi connectivity index (χ1) is 13.7. The number of ether oxygens (including phenoxy) is 1. The van der Waals surface area contributed by atoms with Gasteiger partial charge in [-0.25, -0.2) is 0 Å². The molecule has 150 valence electrons. The summed E-state index contributed by atoms with van der Waals surface area (Å²) in [5, 5.41) is 0. The molecule has 0 radical (unpaired) electrons. The van der Waals surface area contributed by atoms with Crippen LogP contribution < -0.4 is 0 Å².